The number of piperidine rings is 1. The van der Waals surface area contributed by atoms with Crippen LogP contribution in [-0.2, 0) is 0 Å². The van der Waals surface area contributed by atoms with Crippen LogP contribution >= 0.6 is 15.9 Å². The normalized spacial score (nSPS) is 18.2. The first-order chi connectivity index (χ1) is 11.5. The molecule has 1 aliphatic rings. The summed E-state index contributed by atoms with van der Waals surface area (Å²) in [7, 11) is 4.16. The second kappa shape index (κ2) is 7.07. The minimum Gasteiger partial charge on any atom is -0.337 e. The molecule has 0 aliphatic carbocycles. The summed E-state index contributed by atoms with van der Waals surface area (Å²) in [5, 5.41) is 4.43. The monoisotopic (exact) mass is 390 g/mol. The van der Waals surface area contributed by atoms with Crippen LogP contribution < -0.4 is 0 Å². The number of hydrogen-bond donors (Lipinski definition) is 0. The minimum atomic E-state index is 0.0856. The van der Waals surface area contributed by atoms with Gasteiger partial charge in [0.25, 0.3) is 5.91 Å². The molecule has 1 saturated heterocycles. The van der Waals surface area contributed by atoms with E-state index in [1.165, 1.54) is 0 Å². The highest BCUT2D eigenvalue weighted by molar-refractivity contribution is 9.10. The third-order valence-corrected chi connectivity index (χ3v) is 5.25. The number of nitrogens with zero attached hydrogens (tertiary/aromatic N) is 4. The lowest BCUT2D eigenvalue weighted by atomic mass is 10.0. The summed E-state index contributed by atoms with van der Waals surface area (Å²) in [5.41, 5.74) is 2.53. The van der Waals surface area contributed by atoms with Gasteiger partial charge in [-0.25, -0.2) is 4.68 Å². The number of carbonyl (C=O) groups is 1. The van der Waals surface area contributed by atoms with Crippen LogP contribution in [0.15, 0.2) is 34.9 Å². The Morgan fingerprint density at radius 1 is 1.29 bits per heavy atom. The zero-order valence-electron chi connectivity index (χ0n) is 14.4. The van der Waals surface area contributed by atoms with E-state index >= 15 is 0 Å². The Morgan fingerprint density at radius 3 is 2.67 bits per heavy atom. The highest BCUT2D eigenvalue weighted by Gasteiger charge is 2.27. The number of benzene rings is 1. The molecule has 3 rings (SSSR count). The molecule has 1 aromatic heterocycles. The maximum Gasteiger partial charge on any atom is 0.257 e. The molecule has 1 amide bonds. The highest BCUT2D eigenvalue weighted by Crippen LogP contribution is 2.21. The fourth-order valence-electron chi connectivity index (χ4n) is 3.19. The van der Waals surface area contributed by atoms with E-state index < -0.39 is 0 Å². The zero-order valence-corrected chi connectivity index (χ0v) is 16.0. The molecule has 1 atom stereocenters. The van der Waals surface area contributed by atoms with E-state index in [0.717, 1.165) is 41.8 Å². The minimum absolute atomic E-state index is 0.0856. The van der Waals surface area contributed by atoms with Crippen molar-refractivity contribution in [1.82, 2.24) is 19.6 Å². The van der Waals surface area contributed by atoms with E-state index in [9.17, 15) is 4.79 Å². The SMILES string of the molecule is Cc1c(C(=O)N2CCC[C@H](N(C)C)C2)cnn1-c1ccc(Br)cc1. The molecule has 0 unspecified atom stereocenters. The summed E-state index contributed by atoms with van der Waals surface area (Å²) in [4.78, 5) is 17.1. The van der Waals surface area contributed by atoms with Crippen LogP contribution in [0.25, 0.3) is 5.69 Å². The molecule has 0 bridgehead atoms. The highest BCUT2D eigenvalue weighted by atomic mass is 79.9. The maximum absolute atomic E-state index is 12.9. The number of aromatic nitrogens is 2. The summed E-state index contributed by atoms with van der Waals surface area (Å²) >= 11 is 3.44. The van der Waals surface area contributed by atoms with Gasteiger partial charge in [0.1, 0.15) is 0 Å². The third-order valence-electron chi connectivity index (χ3n) is 4.73. The molecule has 1 fully saturated rings. The summed E-state index contributed by atoms with van der Waals surface area (Å²) in [6, 6.07) is 8.36. The Kier molecular flexibility index (Phi) is 5.06. The summed E-state index contributed by atoms with van der Waals surface area (Å²) in [6.07, 6.45) is 3.89. The van der Waals surface area contributed by atoms with Gasteiger partial charge in [-0.1, -0.05) is 15.9 Å². The van der Waals surface area contributed by atoms with E-state index in [2.05, 4.69) is 40.0 Å². The van der Waals surface area contributed by atoms with Crippen molar-refractivity contribution >= 4 is 21.8 Å². The number of likely N-dealkylation sites (tertiary alicyclic amines) is 1. The Morgan fingerprint density at radius 2 is 2.00 bits per heavy atom. The number of likely N-dealkylation sites (N-methyl/N-ethyl adjacent to an activating group) is 1. The van der Waals surface area contributed by atoms with E-state index in [1.807, 2.05) is 40.8 Å². The van der Waals surface area contributed by atoms with Crippen LogP contribution in [0.4, 0.5) is 0 Å². The Hall–Kier alpha value is -1.66. The molecule has 128 valence electrons. The van der Waals surface area contributed by atoms with Crippen LogP contribution in [0.5, 0.6) is 0 Å². The number of hydrogen-bond acceptors (Lipinski definition) is 3. The first-order valence-corrected chi connectivity index (χ1v) is 9.03. The van der Waals surface area contributed by atoms with Gasteiger partial charge in [0.15, 0.2) is 0 Å². The zero-order chi connectivity index (χ0) is 17.3. The molecule has 24 heavy (non-hydrogen) atoms. The van der Waals surface area contributed by atoms with Crippen molar-refractivity contribution in [2.45, 2.75) is 25.8 Å². The number of carbonyl (C=O) groups excluding carboxylic acids is 1. The van der Waals surface area contributed by atoms with Gasteiger partial charge in [0.05, 0.1) is 23.1 Å². The molecule has 2 aromatic rings. The van der Waals surface area contributed by atoms with E-state index in [0.29, 0.717) is 11.6 Å². The Labute approximate surface area is 151 Å². The van der Waals surface area contributed by atoms with Crippen molar-refractivity contribution < 1.29 is 4.79 Å². The molecule has 1 aliphatic heterocycles. The lowest BCUT2D eigenvalue weighted by Gasteiger charge is -2.36. The molecule has 6 heteroatoms. The van der Waals surface area contributed by atoms with E-state index in [4.69, 9.17) is 0 Å². The number of halogens is 1. The van der Waals surface area contributed by atoms with Gasteiger partial charge in [-0.05, 0) is 58.1 Å². The summed E-state index contributed by atoms with van der Waals surface area (Å²) < 4.78 is 2.85. The van der Waals surface area contributed by atoms with Crippen molar-refractivity contribution in [1.29, 1.82) is 0 Å². The fraction of sp³-hybridized carbons (Fsp3) is 0.444. The Bertz CT molecular complexity index is 723. The van der Waals surface area contributed by atoms with Gasteiger partial charge < -0.3 is 9.80 Å². The number of rotatable bonds is 3. The lowest BCUT2D eigenvalue weighted by molar-refractivity contribution is 0.0634. The first kappa shape index (κ1) is 17.2. The van der Waals surface area contributed by atoms with E-state index in [1.54, 1.807) is 6.20 Å². The molecule has 0 N–H and O–H groups in total. The van der Waals surface area contributed by atoms with Gasteiger partial charge in [0.2, 0.25) is 0 Å². The van der Waals surface area contributed by atoms with Crippen LogP contribution in [0.2, 0.25) is 0 Å². The second-order valence-corrected chi connectivity index (χ2v) is 7.46. The molecular weight excluding hydrogens is 368 g/mol. The van der Waals surface area contributed by atoms with Crippen molar-refractivity contribution in [2.24, 2.45) is 0 Å². The van der Waals surface area contributed by atoms with Gasteiger partial charge in [-0.15, -0.1) is 0 Å². The maximum atomic E-state index is 12.9. The van der Waals surface area contributed by atoms with Crippen molar-refractivity contribution in [3.63, 3.8) is 0 Å². The van der Waals surface area contributed by atoms with Crippen LogP contribution in [-0.4, -0.2) is 58.7 Å². The van der Waals surface area contributed by atoms with Gasteiger partial charge in [-0.2, -0.15) is 5.10 Å². The second-order valence-electron chi connectivity index (χ2n) is 6.54. The summed E-state index contributed by atoms with van der Waals surface area (Å²) in [6.45, 7) is 3.57. The van der Waals surface area contributed by atoms with Crippen molar-refractivity contribution in [3.8, 4) is 5.69 Å². The molecule has 0 saturated carbocycles. The molecular formula is C18H23BrN4O. The number of amides is 1. The van der Waals surface area contributed by atoms with Crippen LogP contribution in [0.1, 0.15) is 28.9 Å². The predicted molar refractivity (Wildman–Crippen MR) is 98.6 cm³/mol. The smallest absolute Gasteiger partial charge is 0.257 e. The largest absolute Gasteiger partial charge is 0.337 e. The average molecular weight is 391 g/mol. The molecule has 0 spiro atoms. The third kappa shape index (κ3) is 3.39. The topological polar surface area (TPSA) is 41.4 Å². The van der Waals surface area contributed by atoms with Gasteiger partial charge in [0, 0.05) is 23.6 Å². The van der Waals surface area contributed by atoms with Crippen molar-refractivity contribution in [2.75, 3.05) is 27.2 Å². The molecule has 1 aromatic carbocycles. The van der Waals surface area contributed by atoms with Crippen molar-refractivity contribution in [3.05, 3.63) is 46.2 Å². The van der Waals surface area contributed by atoms with Gasteiger partial charge in [-0.3, -0.25) is 4.79 Å². The average Bonchev–Trinajstić information content (AvgIpc) is 2.96. The Balaban J connectivity index is 1.82. The van der Waals surface area contributed by atoms with Crippen LogP contribution in [0.3, 0.4) is 0 Å². The van der Waals surface area contributed by atoms with Crippen LogP contribution in [0, 0.1) is 6.92 Å². The molecule has 0 radical (unpaired) electrons. The lowest BCUT2D eigenvalue weighted by Crippen LogP contribution is -2.47. The predicted octanol–water partition coefficient (Wildman–Crippen LogP) is 3.11. The summed E-state index contributed by atoms with van der Waals surface area (Å²) in [5.74, 6) is 0.0856. The molecule has 2 heterocycles. The standard InChI is InChI=1S/C18H23BrN4O/c1-13-17(11-20-23(13)15-8-6-14(19)7-9-15)18(24)22-10-4-5-16(12-22)21(2)3/h6-9,11,16H,4-5,10,12H2,1-3H3/t16-/m0/s1. The quantitative estimate of drug-likeness (QED) is 0.808. The van der Waals surface area contributed by atoms with E-state index in [-0.39, 0.29) is 5.91 Å². The fourth-order valence-corrected chi connectivity index (χ4v) is 3.46. The van der Waals surface area contributed by atoms with Gasteiger partial charge >= 0.3 is 0 Å². The molecule has 5 nitrogen and oxygen atoms in total. The first-order valence-electron chi connectivity index (χ1n) is 8.23.